The fourth-order valence-corrected chi connectivity index (χ4v) is 4.37. The molecule has 1 amide bonds. The SMILES string of the molecule is CNC(=O)C1(Cc2ccc(-c3ccncc3)cc2)CCN(Cc2ccc(F)cc2)C1. The Morgan fingerprint density at radius 2 is 1.63 bits per heavy atom. The molecule has 1 fully saturated rings. The molecule has 1 aliphatic heterocycles. The molecule has 30 heavy (non-hydrogen) atoms. The van der Waals surface area contributed by atoms with Gasteiger partial charge in [-0.2, -0.15) is 0 Å². The van der Waals surface area contributed by atoms with Gasteiger partial charge in [0.15, 0.2) is 0 Å². The maximum Gasteiger partial charge on any atom is 0.227 e. The van der Waals surface area contributed by atoms with Gasteiger partial charge in [-0.1, -0.05) is 36.4 Å². The fourth-order valence-electron chi connectivity index (χ4n) is 4.37. The smallest absolute Gasteiger partial charge is 0.227 e. The molecule has 1 unspecified atom stereocenters. The largest absolute Gasteiger partial charge is 0.359 e. The zero-order valence-corrected chi connectivity index (χ0v) is 17.1. The van der Waals surface area contributed by atoms with Gasteiger partial charge in [0.1, 0.15) is 5.82 Å². The second-order valence-corrected chi connectivity index (χ2v) is 8.06. The lowest BCUT2D eigenvalue weighted by molar-refractivity contribution is -0.130. The number of rotatable bonds is 6. The zero-order chi connectivity index (χ0) is 21.0. The second kappa shape index (κ2) is 8.76. The van der Waals surface area contributed by atoms with Gasteiger partial charge in [0, 0.05) is 32.5 Å². The van der Waals surface area contributed by atoms with Crippen LogP contribution in [0, 0.1) is 11.2 Å². The number of carbonyl (C=O) groups is 1. The maximum absolute atomic E-state index is 13.2. The summed E-state index contributed by atoms with van der Waals surface area (Å²) in [5.74, 6) is -0.141. The zero-order valence-electron chi connectivity index (χ0n) is 17.1. The number of amides is 1. The first kappa shape index (κ1) is 20.2. The van der Waals surface area contributed by atoms with Gasteiger partial charge in [-0.3, -0.25) is 14.7 Å². The Morgan fingerprint density at radius 1 is 1.00 bits per heavy atom. The van der Waals surface area contributed by atoms with E-state index in [1.807, 2.05) is 24.3 Å². The van der Waals surface area contributed by atoms with Crippen molar-refractivity contribution in [3.05, 3.63) is 90.0 Å². The number of hydrogen-bond acceptors (Lipinski definition) is 3. The van der Waals surface area contributed by atoms with Crippen LogP contribution in [0.3, 0.4) is 0 Å². The summed E-state index contributed by atoms with van der Waals surface area (Å²) < 4.78 is 13.2. The van der Waals surface area contributed by atoms with Crippen LogP contribution in [0.1, 0.15) is 17.5 Å². The number of nitrogens with zero attached hydrogens (tertiary/aromatic N) is 2. The van der Waals surface area contributed by atoms with E-state index in [0.29, 0.717) is 13.0 Å². The molecule has 1 N–H and O–H groups in total. The molecule has 2 aromatic carbocycles. The third kappa shape index (κ3) is 4.41. The van der Waals surface area contributed by atoms with E-state index in [1.165, 1.54) is 12.1 Å². The van der Waals surface area contributed by atoms with Crippen molar-refractivity contribution in [2.45, 2.75) is 19.4 Å². The second-order valence-electron chi connectivity index (χ2n) is 8.06. The van der Waals surface area contributed by atoms with Gasteiger partial charge in [-0.15, -0.1) is 0 Å². The van der Waals surface area contributed by atoms with E-state index in [4.69, 9.17) is 0 Å². The lowest BCUT2D eigenvalue weighted by atomic mass is 9.79. The Labute approximate surface area is 176 Å². The molecule has 1 atom stereocenters. The lowest BCUT2D eigenvalue weighted by Gasteiger charge is -2.28. The van der Waals surface area contributed by atoms with Crippen LogP contribution in [0.5, 0.6) is 0 Å². The van der Waals surface area contributed by atoms with Gasteiger partial charge in [0.25, 0.3) is 0 Å². The highest BCUT2D eigenvalue weighted by atomic mass is 19.1. The molecule has 0 bridgehead atoms. The number of likely N-dealkylation sites (tertiary alicyclic amines) is 1. The summed E-state index contributed by atoms with van der Waals surface area (Å²) in [6.07, 6.45) is 5.08. The molecule has 1 saturated heterocycles. The third-order valence-corrected chi connectivity index (χ3v) is 5.97. The molecular formula is C25H26FN3O. The van der Waals surface area contributed by atoms with Crippen LogP contribution in [0.4, 0.5) is 4.39 Å². The predicted molar refractivity (Wildman–Crippen MR) is 116 cm³/mol. The lowest BCUT2D eigenvalue weighted by Crippen LogP contribution is -2.43. The minimum Gasteiger partial charge on any atom is -0.359 e. The molecule has 0 aliphatic carbocycles. The Balaban J connectivity index is 1.49. The maximum atomic E-state index is 13.2. The minimum absolute atomic E-state index is 0.0855. The Morgan fingerprint density at radius 3 is 2.30 bits per heavy atom. The first-order valence-corrected chi connectivity index (χ1v) is 10.3. The Bertz CT molecular complexity index is 989. The summed E-state index contributed by atoms with van der Waals surface area (Å²) in [6.45, 7) is 2.26. The summed E-state index contributed by atoms with van der Waals surface area (Å²) >= 11 is 0. The number of benzene rings is 2. The third-order valence-electron chi connectivity index (χ3n) is 5.97. The van der Waals surface area contributed by atoms with E-state index in [2.05, 4.69) is 39.5 Å². The normalized spacial score (nSPS) is 19.0. The molecular weight excluding hydrogens is 377 g/mol. The van der Waals surface area contributed by atoms with Gasteiger partial charge >= 0.3 is 0 Å². The van der Waals surface area contributed by atoms with Gasteiger partial charge in [0.05, 0.1) is 5.41 Å². The summed E-state index contributed by atoms with van der Waals surface area (Å²) in [5.41, 5.74) is 4.03. The van der Waals surface area contributed by atoms with Crippen LogP contribution in [-0.2, 0) is 17.8 Å². The quantitative estimate of drug-likeness (QED) is 0.675. The number of halogens is 1. The van der Waals surface area contributed by atoms with Gasteiger partial charge in [-0.25, -0.2) is 4.39 Å². The molecule has 0 radical (unpaired) electrons. The number of carbonyl (C=O) groups excluding carboxylic acids is 1. The Hall–Kier alpha value is -3.05. The summed E-state index contributed by atoms with van der Waals surface area (Å²) in [4.78, 5) is 19.2. The van der Waals surface area contributed by atoms with Crippen molar-refractivity contribution in [3.63, 3.8) is 0 Å². The highest BCUT2D eigenvalue weighted by Gasteiger charge is 2.43. The number of hydrogen-bond donors (Lipinski definition) is 1. The molecule has 1 aliphatic rings. The molecule has 0 saturated carbocycles. The number of aromatic nitrogens is 1. The number of nitrogens with one attached hydrogen (secondary N) is 1. The van der Waals surface area contributed by atoms with Crippen LogP contribution in [0.15, 0.2) is 73.1 Å². The van der Waals surface area contributed by atoms with Gasteiger partial charge in [-0.05, 0) is 65.9 Å². The van der Waals surface area contributed by atoms with E-state index in [0.717, 1.165) is 41.8 Å². The molecule has 1 aromatic heterocycles. The van der Waals surface area contributed by atoms with Gasteiger partial charge in [0.2, 0.25) is 5.91 Å². The molecule has 4 rings (SSSR count). The van der Waals surface area contributed by atoms with Crippen LogP contribution in [-0.4, -0.2) is 35.9 Å². The summed E-state index contributed by atoms with van der Waals surface area (Å²) in [6, 6.07) is 19.0. The topological polar surface area (TPSA) is 45.2 Å². The summed E-state index contributed by atoms with van der Waals surface area (Å²) in [5, 5.41) is 2.87. The van der Waals surface area contributed by atoms with E-state index >= 15 is 0 Å². The molecule has 4 nitrogen and oxygen atoms in total. The van der Waals surface area contributed by atoms with Crippen LogP contribution >= 0.6 is 0 Å². The molecule has 3 aromatic rings. The van der Waals surface area contributed by atoms with Crippen molar-refractivity contribution in [2.75, 3.05) is 20.1 Å². The predicted octanol–water partition coefficient (Wildman–Crippen LogP) is 4.07. The molecule has 154 valence electrons. The highest BCUT2D eigenvalue weighted by molar-refractivity contribution is 5.83. The van der Waals surface area contributed by atoms with Crippen molar-refractivity contribution < 1.29 is 9.18 Å². The van der Waals surface area contributed by atoms with Crippen molar-refractivity contribution in [1.29, 1.82) is 0 Å². The van der Waals surface area contributed by atoms with Crippen molar-refractivity contribution in [3.8, 4) is 11.1 Å². The van der Waals surface area contributed by atoms with Crippen LogP contribution in [0.2, 0.25) is 0 Å². The van der Waals surface area contributed by atoms with Gasteiger partial charge < -0.3 is 5.32 Å². The monoisotopic (exact) mass is 403 g/mol. The average Bonchev–Trinajstić information content (AvgIpc) is 3.19. The Kier molecular flexibility index (Phi) is 5.91. The molecule has 0 spiro atoms. The standard InChI is InChI=1S/C25H26FN3O/c1-27-24(30)25(12-15-29(18-25)17-20-4-8-23(26)9-5-20)16-19-2-6-21(7-3-19)22-10-13-28-14-11-22/h2-11,13-14H,12,15-18H2,1H3,(H,27,30). The molecule has 2 heterocycles. The van der Waals surface area contributed by atoms with E-state index in [1.54, 1.807) is 19.4 Å². The van der Waals surface area contributed by atoms with Crippen LogP contribution in [0.25, 0.3) is 11.1 Å². The molecule has 5 heteroatoms. The minimum atomic E-state index is -0.451. The average molecular weight is 404 g/mol. The first-order valence-electron chi connectivity index (χ1n) is 10.3. The van der Waals surface area contributed by atoms with Crippen molar-refractivity contribution in [1.82, 2.24) is 15.2 Å². The van der Waals surface area contributed by atoms with E-state index in [-0.39, 0.29) is 11.7 Å². The van der Waals surface area contributed by atoms with E-state index < -0.39 is 5.41 Å². The van der Waals surface area contributed by atoms with Crippen molar-refractivity contribution >= 4 is 5.91 Å². The first-order chi connectivity index (χ1) is 14.6. The fraction of sp³-hybridized carbons (Fsp3) is 0.280. The summed E-state index contributed by atoms with van der Waals surface area (Å²) in [7, 11) is 1.71. The number of pyridine rings is 1. The van der Waals surface area contributed by atoms with E-state index in [9.17, 15) is 9.18 Å². The van der Waals surface area contributed by atoms with Crippen molar-refractivity contribution in [2.24, 2.45) is 5.41 Å². The van der Waals surface area contributed by atoms with Crippen LogP contribution < -0.4 is 5.32 Å². The highest BCUT2D eigenvalue weighted by Crippen LogP contribution is 2.36.